The van der Waals surface area contributed by atoms with Crippen LogP contribution in [0.25, 0.3) is 0 Å². The zero-order chi connectivity index (χ0) is 20.1. The molecule has 6 aliphatic rings. The average Bonchev–Trinajstić information content (AvgIpc) is 3.00. The lowest BCUT2D eigenvalue weighted by Gasteiger charge is -2.70. The van der Waals surface area contributed by atoms with Gasteiger partial charge in [0.2, 0.25) is 0 Å². The first kappa shape index (κ1) is 19.7. The second kappa shape index (κ2) is 6.75. The first-order valence-electron chi connectivity index (χ1n) is 14.0. The molecule has 0 amide bonds. The molecule has 14 atom stereocenters. The van der Waals surface area contributed by atoms with Crippen LogP contribution in [0.1, 0.15) is 98.8 Å². The molecule has 0 heterocycles. The first-order chi connectivity index (χ1) is 14.0. The summed E-state index contributed by atoms with van der Waals surface area (Å²) < 4.78 is 0. The van der Waals surface area contributed by atoms with E-state index in [1.807, 2.05) is 0 Å². The summed E-state index contributed by atoms with van der Waals surface area (Å²) in [7, 11) is 0. The van der Waals surface area contributed by atoms with Crippen molar-refractivity contribution in [1.82, 2.24) is 0 Å². The Morgan fingerprint density at radius 2 is 1.48 bits per heavy atom. The van der Waals surface area contributed by atoms with Gasteiger partial charge in [0.05, 0.1) is 0 Å². The minimum Gasteiger partial charge on any atom is -0.0654 e. The number of hydrogen-bond donors (Lipinski definition) is 0. The van der Waals surface area contributed by atoms with Crippen molar-refractivity contribution < 1.29 is 0 Å². The third-order valence-corrected chi connectivity index (χ3v) is 12.8. The molecule has 29 heavy (non-hydrogen) atoms. The molecule has 0 aliphatic heterocycles. The highest BCUT2D eigenvalue weighted by Gasteiger charge is 2.73. The predicted octanol–water partition coefficient (Wildman–Crippen LogP) is 8.07. The second-order valence-electron chi connectivity index (χ2n) is 13.6. The minimum atomic E-state index is 0.679. The fourth-order valence-corrected chi connectivity index (χ4v) is 11.7. The van der Waals surface area contributed by atoms with Gasteiger partial charge in [0.1, 0.15) is 0 Å². The molecular weight excluding hydrogens is 348 g/mol. The highest BCUT2D eigenvalue weighted by atomic mass is 14.8. The molecule has 14 unspecified atom stereocenters. The Morgan fingerprint density at radius 1 is 0.759 bits per heavy atom. The molecule has 0 aromatic carbocycles. The minimum absolute atomic E-state index is 0.679. The van der Waals surface area contributed by atoms with Gasteiger partial charge in [-0.2, -0.15) is 0 Å². The van der Waals surface area contributed by atoms with Crippen LogP contribution >= 0.6 is 0 Å². The van der Waals surface area contributed by atoms with Crippen molar-refractivity contribution >= 4 is 0 Å². The van der Waals surface area contributed by atoms with Crippen molar-refractivity contribution in [2.45, 2.75) is 98.8 Å². The smallest absolute Gasteiger partial charge is 0.0294 e. The Bertz CT molecular complexity index is 636. The van der Waals surface area contributed by atoms with E-state index in [1.54, 1.807) is 44.9 Å². The van der Waals surface area contributed by atoms with Gasteiger partial charge in [-0.15, -0.1) is 0 Å². The molecular formula is C29H48. The molecule has 0 nitrogen and oxygen atoms in total. The van der Waals surface area contributed by atoms with Crippen molar-refractivity contribution in [3.8, 4) is 0 Å². The van der Waals surface area contributed by atoms with Crippen molar-refractivity contribution in [2.75, 3.05) is 0 Å². The molecule has 0 saturated heterocycles. The first-order valence-corrected chi connectivity index (χ1v) is 14.0. The zero-order valence-electron chi connectivity index (χ0n) is 20.1. The molecule has 6 aliphatic carbocycles. The number of hydrogen-bond acceptors (Lipinski definition) is 0. The van der Waals surface area contributed by atoms with E-state index in [0.717, 1.165) is 71.0 Å². The summed E-state index contributed by atoms with van der Waals surface area (Å²) in [6, 6.07) is 0. The third kappa shape index (κ3) is 2.50. The van der Waals surface area contributed by atoms with Crippen LogP contribution in [0.2, 0.25) is 0 Å². The summed E-state index contributed by atoms with van der Waals surface area (Å²) in [5.41, 5.74) is 0.679. The largest absolute Gasteiger partial charge is 0.0654 e. The van der Waals surface area contributed by atoms with Gasteiger partial charge in [0.25, 0.3) is 0 Å². The Balaban J connectivity index is 1.43. The summed E-state index contributed by atoms with van der Waals surface area (Å²) in [4.78, 5) is 0. The Kier molecular flexibility index (Phi) is 4.58. The van der Waals surface area contributed by atoms with E-state index in [9.17, 15) is 0 Å². The van der Waals surface area contributed by atoms with Gasteiger partial charge in [-0.1, -0.05) is 60.3 Å². The maximum Gasteiger partial charge on any atom is -0.0294 e. The topological polar surface area (TPSA) is 0 Å². The van der Waals surface area contributed by atoms with Gasteiger partial charge < -0.3 is 0 Å². The van der Waals surface area contributed by atoms with Gasteiger partial charge in [-0.25, -0.2) is 0 Å². The maximum absolute atomic E-state index is 2.77. The summed E-state index contributed by atoms with van der Waals surface area (Å²) in [5, 5.41) is 0. The standard InChI is InChI=1S/C29H48/c1-6-8-20-22-13-16(3)9-11-29(5)12-10-18-14-24(29)23-15-21(17(4)19(18)7-2)26-25(20)27(22)28(23)26/h16-28H,6-15H2,1-5H3. The van der Waals surface area contributed by atoms with E-state index in [2.05, 4.69) is 34.6 Å². The molecule has 0 N–H and O–H groups in total. The van der Waals surface area contributed by atoms with Crippen LogP contribution in [0.15, 0.2) is 0 Å². The normalized spacial score (nSPS) is 62.6. The molecule has 0 aromatic rings. The molecule has 0 heteroatoms. The lowest BCUT2D eigenvalue weighted by atomic mass is 9.34. The highest BCUT2D eigenvalue weighted by molar-refractivity contribution is 5.20. The third-order valence-electron chi connectivity index (χ3n) is 12.8. The molecule has 0 spiro atoms. The van der Waals surface area contributed by atoms with Crippen LogP contribution in [-0.4, -0.2) is 0 Å². The van der Waals surface area contributed by atoms with E-state index < -0.39 is 0 Å². The summed E-state index contributed by atoms with van der Waals surface area (Å²) in [5.74, 6) is 14.3. The summed E-state index contributed by atoms with van der Waals surface area (Å²) in [6.45, 7) is 13.1. The molecule has 0 radical (unpaired) electrons. The fraction of sp³-hybridized carbons (Fsp3) is 1.00. The van der Waals surface area contributed by atoms with Gasteiger partial charge >= 0.3 is 0 Å². The number of rotatable bonds is 3. The summed E-state index contributed by atoms with van der Waals surface area (Å²) >= 11 is 0. The van der Waals surface area contributed by atoms with Crippen LogP contribution in [-0.2, 0) is 0 Å². The van der Waals surface area contributed by atoms with Crippen LogP contribution in [0.5, 0.6) is 0 Å². The van der Waals surface area contributed by atoms with Crippen LogP contribution in [0.3, 0.4) is 0 Å². The van der Waals surface area contributed by atoms with E-state index in [1.165, 1.54) is 25.2 Å². The van der Waals surface area contributed by atoms with Crippen molar-refractivity contribution in [3.63, 3.8) is 0 Å². The quantitative estimate of drug-likeness (QED) is 0.452. The van der Waals surface area contributed by atoms with Crippen LogP contribution in [0.4, 0.5) is 0 Å². The van der Waals surface area contributed by atoms with Crippen LogP contribution in [0, 0.1) is 82.3 Å². The number of fused-ring (bicyclic) bond motifs is 4. The average molecular weight is 397 g/mol. The van der Waals surface area contributed by atoms with Crippen LogP contribution < -0.4 is 0 Å². The van der Waals surface area contributed by atoms with E-state index in [4.69, 9.17) is 0 Å². The van der Waals surface area contributed by atoms with E-state index in [-0.39, 0.29) is 0 Å². The second-order valence-corrected chi connectivity index (χ2v) is 13.6. The Hall–Kier alpha value is 0. The monoisotopic (exact) mass is 396 g/mol. The summed E-state index contributed by atoms with van der Waals surface area (Å²) in [6.07, 6.45) is 15.5. The fourth-order valence-electron chi connectivity index (χ4n) is 11.7. The zero-order valence-corrected chi connectivity index (χ0v) is 20.1. The molecule has 6 saturated carbocycles. The lowest BCUT2D eigenvalue weighted by Crippen LogP contribution is -2.66. The highest BCUT2D eigenvalue weighted by Crippen LogP contribution is 2.78. The lowest BCUT2D eigenvalue weighted by molar-refractivity contribution is -0.232. The van der Waals surface area contributed by atoms with Crippen molar-refractivity contribution in [1.29, 1.82) is 0 Å². The van der Waals surface area contributed by atoms with Gasteiger partial charge in [-0.3, -0.25) is 0 Å². The van der Waals surface area contributed by atoms with Gasteiger partial charge in [0.15, 0.2) is 0 Å². The molecule has 164 valence electrons. The molecule has 6 rings (SSSR count). The SMILES string of the molecule is CCCC1C2CC(C)CCC3(C)CCC4CC3C3CC(C(C)C4CC)C4C1C2C34. The molecule has 6 fully saturated rings. The van der Waals surface area contributed by atoms with Crippen molar-refractivity contribution in [3.05, 3.63) is 0 Å². The van der Waals surface area contributed by atoms with Crippen molar-refractivity contribution in [2.24, 2.45) is 82.3 Å². The molecule has 0 aromatic heterocycles. The molecule has 4 bridgehead atoms. The Labute approximate surface area is 181 Å². The van der Waals surface area contributed by atoms with Gasteiger partial charge in [-0.05, 0) is 121 Å². The maximum atomic E-state index is 2.77. The van der Waals surface area contributed by atoms with Gasteiger partial charge in [0, 0.05) is 0 Å². The predicted molar refractivity (Wildman–Crippen MR) is 122 cm³/mol. The van der Waals surface area contributed by atoms with E-state index >= 15 is 0 Å². The Morgan fingerprint density at radius 3 is 2.24 bits per heavy atom. The van der Waals surface area contributed by atoms with E-state index in [0.29, 0.717) is 5.41 Å².